The number of nitrogens with one attached hydrogen (secondary N) is 1. The lowest BCUT2D eigenvalue weighted by atomic mass is 9.88. The Morgan fingerprint density at radius 1 is 0.786 bits per heavy atom. The van der Waals surface area contributed by atoms with Gasteiger partial charge >= 0.3 is 5.97 Å². The van der Waals surface area contributed by atoms with E-state index in [4.69, 9.17) is 4.74 Å². The zero-order valence-corrected chi connectivity index (χ0v) is 23.9. The van der Waals surface area contributed by atoms with Crippen LogP contribution in [-0.2, 0) is 6.42 Å². The highest BCUT2D eigenvalue weighted by Gasteiger charge is 2.18. The predicted octanol–water partition coefficient (Wildman–Crippen LogP) is 9.79. The molecule has 4 aromatic carbocycles. The molecule has 6 rings (SSSR count). The standard InChI is InChI=1S/C38H37NO3/c40-38(41)37-34(20-10-26-42-35-21-9-16-30-15-6-7-18-32(30)35)33-19-8-17-31(36(33)39-37)25-24-29-14-5-4-13-28(29)23-22-27-11-2-1-3-12-27/h4-9,13-19,21-25,27,39H,1-3,10-12,20,26H2,(H,40,41). The van der Waals surface area contributed by atoms with Gasteiger partial charge in [-0.2, -0.15) is 0 Å². The first-order valence-corrected chi connectivity index (χ1v) is 15.1. The third kappa shape index (κ3) is 6.18. The molecule has 0 spiro atoms. The summed E-state index contributed by atoms with van der Waals surface area (Å²) in [5.74, 6) is 0.588. The smallest absolute Gasteiger partial charge is 0.352 e. The Labute approximate surface area is 247 Å². The highest BCUT2D eigenvalue weighted by molar-refractivity contribution is 6.01. The molecule has 1 aliphatic rings. The second-order valence-electron chi connectivity index (χ2n) is 11.2. The van der Waals surface area contributed by atoms with E-state index in [0.717, 1.165) is 44.1 Å². The van der Waals surface area contributed by atoms with E-state index in [-0.39, 0.29) is 5.69 Å². The number of hydrogen-bond donors (Lipinski definition) is 2. The number of aromatic nitrogens is 1. The summed E-state index contributed by atoms with van der Waals surface area (Å²) < 4.78 is 6.14. The molecule has 5 aromatic rings. The second kappa shape index (κ2) is 12.9. The van der Waals surface area contributed by atoms with Crippen LogP contribution < -0.4 is 4.74 Å². The molecule has 0 amide bonds. The van der Waals surface area contributed by atoms with E-state index in [0.29, 0.717) is 25.4 Å². The average molecular weight is 556 g/mol. The molecule has 0 saturated heterocycles. The fourth-order valence-electron chi connectivity index (χ4n) is 6.19. The molecule has 212 valence electrons. The van der Waals surface area contributed by atoms with Gasteiger partial charge in [0.15, 0.2) is 0 Å². The summed E-state index contributed by atoms with van der Waals surface area (Å²) in [4.78, 5) is 15.5. The number of aromatic carboxylic acids is 1. The summed E-state index contributed by atoms with van der Waals surface area (Å²) in [5.41, 5.74) is 5.26. The van der Waals surface area contributed by atoms with E-state index >= 15 is 0 Å². The summed E-state index contributed by atoms with van der Waals surface area (Å²) >= 11 is 0. The van der Waals surface area contributed by atoms with Crippen molar-refractivity contribution in [3.8, 4) is 5.75 Å². The van der Waals surface area contributed by atoms with Crippen molar-refractivity contribution < 1.29 is 14.6 Å². The number of aryl methyl sites for hydroxylation is 1. The molecular formula is C38H37NO3. The van der Waals surface area contributed by atoms with E-state index < -0.39 is 5.97 Å². The fraction of sp³-hybridized carbons (Fsp3) is 0.237. The summed E-state index contributed by atoms with van der Waals surface area (Å²) in [5, 5.41) is 13.2. The SMILES string of the molecule is O=C(O)c1[nH]c2c(C=Cc3ccccc3C=CC3CCCCC3)cccc2c1CCCOc1cccc2ccccc12. The second-order valence-corrected chi connectivity index (χ2v) is 11.2. The van der Waals surface area contributed by atoms with Gasteiger partial charge in [-0.15, -0.1) is 0 Å². The minimum absolute atomic E-state index is 0.256. The number of carboxylic acid groups (broad SMARTS) is 1. The van der Waals surface area contributed by atoms with Gasteiger partial charge in [-0.1, -0.05) is 122 Å². The highest BCUT2D eigenvalue weighted by Crippen LogP contribution is 2.30. The molecule has 1 saturated carbocycles. The molecule has 1 fully saturated rings. The third-order valence-electron chi connectivity index (χ3n) is 8.40. The Hall–Kier alpha value is -4.57. The van der Waals surface area contributed by atoms with E-state index in [1.54, 1.807) is 0 Å². The van der Waals surface area contributed by atoms with Crippen molar-refractivity contribution in [2.45, 2.75) is 44.9 Å². The van der Waals surface area contributed by atoms with E-state index in [2.05, 4.69) is 71.8 Å². The number of para-hydroxylation sites is 1. The molecule has 1 aliphatic carbocycles. The molecule has 2 N–H and O–H groups in total. The monoisotopic (exact) mass is 555 g/mol. The Bertz CT molecular complexity index is 1750. The number of rotatable bonds is 10. The van der Waals surface area contributed by atoms with E-state index in [1.807, 2.05) is 42.5 Å². The first-order chi connectivity index (χ1) is 20.7. The molecule has 4 nitrogen and oxygen atoms in total. The number of hydrogen-bond acceptors (Lipinski definition) is 2. The van der Waals surface area contributed by atoms with Crippen molar-refractivity contribution >= 4 is 45.9 Å². The zero-order chi connectivity index (χ0) is 28.7. The maximum atomic E-state index is 12.2. The van der Waals surface area contributed by atoms with Crippen LogP contribution in [0.25, 0.3) is 39.9 Å². The van der Waals surface area contributed by atoms with E-state index in [1.165, 1.54) is 37.7 Å². The molecule has 0 unspecified atom stereocenters. The van der Waals surface area contributed by atoms with Crippen LogP contribution in [0.1, 0.15) is 71.3 Å². The van der Waals surface area contributed by atoms with Gasteiger partial charge < -0.3 is 14.8 Å². The van der Waals surface area contributed by atoms with Gasteiger partial charge in [-0.05, 0) is 65.3 Å². The first-order valence-electron chi connectivity index (χ1n) is 15.1. The lowest BCUT2D eigenvalue weighted by Gasteiger charge is -2.17. The van der Waals surface area contributed by atoms with Gasteiger partial charge in [0, 0.05) is 10.8 Å². The van der Waals surface area contributed by atoms with Gasteiger partial charge in [-0.3, -0.25) is 0 Å². The van der Waals surface area contributed by atoms with Crippen LogP contribution >= 0.6 is 0 Å². The number of fused-ring (bicyclic) bond motifs is 2. The van der Waals surface area contributed by atoms with Crippen molar-refractivity contribution in [1.82, 2.24) is 4.98 Å². The van der Waals surface area contributed by atoms with Crippen LogP contribution in [0, 0.1) is 5.92 Å². The fourth-order valence-corrected chi connectivity index (χ4v) is 6.19. The molecule has 1 heterocycles. The van der Waals surface area contributed by atoms with Crippen molar-refractivity contribution in [2.24, 2.45) is 5.92 Å². The summed E-state index contributed by atoms with van der Waals surface area (Å²) in [6.07, 6.45) is 16.8. The van der Waals surface area contributed by atoms with Gasteiger partial charge in [0.1, 0.15) is 11.4 Å². The number of carboxylic acids is 1. The van der Waals surface area contributed by atoms with Gasteiger partial charge in [-0.25, -0.2) is 4.79 Å². The van der Waals surface area contributed by atoms with Crippen LogP contribution in [-0.4, -0.2) is 22.7 Å². The predicted molar refractivity (Wildman–Crippen MR) is 174 cm³/mol. The lowest BCUT2D eigenvalue weighted by Crippen LogP contribution is -2.04. The van der Waals surface area contributed by atoms with Crippen LogP contribution in [0.3, 0.4) is 0 Å². The summed E-state index contributed by atoms with van der Waals surface area (Å²) in [6.45, 7) is 0.504. The topological polar surface area (TPSA) is 62.3 Å². The van der Waals surface area contributed by atoms with Crippen LogP contribution in [0.2, 0.25) is 0 Å². The van der Waals surface area contributed by atoms with Crippen molar-refractivity contribution in [3.05, 3.63) is 119 Å². The molecule has 0 atom stereocenters. The molecule has 0 aliphatic heterocycles. The van der Waals surface area contributed by atoms with Crippen molar-refractivity contribution in [3.63, 3.8) is 0 Å². The van der Waals surface area contributed by atoms with Gasteiger partial charge in [0.05, 0.1) is 12.1 Å². The Morgan fingerprint density at radius 3 is 2.29 bits per heavy atom. The van der Waals surface area contributed by atoms with Gasteiger partial charge in [0.2, 0.25) is 0 Å². The largest absolute Gasteiger partial charge is 0.493 e. The molecule has 42 heavy (non-hydrogen) atoms. The molecule has 1 aromatic heterocycles. The molecule has 0 radical (unpaired) electrons. The van der Waals surface area contributed by atoms with Crippen molar-refractivity contribution in [1.29, 1.82) is 0 Å². The average Bonchev–Trinajstić information content (AvgIpc) is 3.41. The Morgan fingerprint density at radius 2 is 1.45 bits per heavy atom. The Kier molecular flexibility index (Phi) is 8.51. The molecular weight excluding hydrogens is 518 g/mol. The number of aromatic amines is 1. The Balaban J connectivity index is 1.20. The summed E-state index contributed by atoms with van der Waals surface area (Å²) in [7, 11) is 0. The van der Waals surface area contributed by atoms with E-state index in [9.17, 15) is 9.90 Å². The minimum atomic E-state index is -0.940. The molecule has 0 bridgehead atoms. The lowest BCUT2D eigenvalue weighted by molar-refractivity contribution is 0.0690. The molecule has 4 heteroatoms. The minimum Gasteiger partial charge on any atom is -0.493 e. The highest BCUT2D eigenvalue weighted by atomic mass is 16.5. The number of ether oxygens (including phenoxy) is 1. The maximum Gasteiger partial charge on any atom is 0.352 e. The van der Waals surface area contributed by atoms with Gasteiger partial charge in [0.25, 0.3) is 0 Å². The number of H-pyrrole nitrogens is 1. The summed E-state index contributed by atoms with van der Waals surface area (Å²) in [6, 6.07) is 28.7. The van der Waals surface area contributed by atoms with Crippen LogP contribution in [0.4, 0.5) is 0 Å². The first kappa shape index (κ1) is 27.6. The quantitative estimate of drug-likeness (QED) is 0.133. The maximum absolute atomic E-state index is 12.2. The normalized spacial score (nSPS) is 14.4. The number of allylic oxidation sites excluding steroid dienone is 1. The number of carbonyl (C=O) groups is 1. The third-order valence-corrected chi connectivity index (χ3v) is 8.40. The van der Waals surface area contributed by atoms with Crippen LogP contribution in [0.15, 0.2) is 91.0 Å². The zero-order valence-electron chi connectivity index (χ0n) is 23.9. The number of benzene rings is 4. The van der Waals surface area contributed by atoms with Crippen LogP contribution in [0.5, 0.6) is 5.75 Å². The van der Waals surface area contributed by atoms with Crippen molar-refractivity contribution in [2.75, 3.05) is 6.61 Å².